The number of rotatable bonds is 5. The molecule has 0 radical (unpaired) electrons. The van der Waals surface area contributed by atoms with E-state index in [4.69, 9.17) is 26.9 Å². The fourth-order valence-corrected chi connectivity index (χ4v) is 2.34. The Labute approximate surface area is 127 Å². The molecule has 0 heterocycles. The Kier molecular flexibility index (Phi) is 5.01. The average Bonchev–Trinajstić information content (AvgIpc) is 2.50. The normalized spacial score (nSPS) is 12.0. The van der Waals surface area contributed by atoms with Crippen LogP contribution in [0.2, 0.25) is 5.02 Å². The maximum absolute atomic E-state index is 14.4. The van der Waals surface area contributed by atoms with Gasteiger partial charge in [0.15, 0.2) is 11.6 Å². The first-order chi connectivity index (χ1) is 10.1. The van der Waals surface area contributed by atoms with Crippen molar-refractivity contribution < 1.29 is 13.9 Å². The van der Waals surface area contributed by atoms with Crippen molar-refractivity contribution in [2.75, 3.05) is 14.2 Å². The van der Waals surface area contributed by atoms with Crippen LogP contribution in [0.5, 0.6) is 11.5 Å². The van der Waals surface area contributed by atoms with E-state index in [1.807, 2.05) is 0 Å². The van der Waals surface area contributed by atoms with E-state index in [0.717, 1.165) is 0 Å². The van der Waals surface area contributed by atoms with Crippen molar-refractivity contribution in [1.82, 2.24) is 5.43 Å². The molecule has 4 nitrogen and oxygen atoms in total. The minimum absolute atomic E-state index is 0.153. The molecule has 0 aliphatic rings. The van der Waals surface area contributed by atoms with Crippen LogP contribution in [0.15, 0.2) is 36.4 Å². The first-order valence-electron chi connectivity index (χ1n) is 6.24. The predicted octanol–water partition coefficient (Wildman–Crippen LogP) is 3.05. The zero-order valence-corrected chi connectivity index (χ0v) is 12.4. The summed E-state index contributed by atoms with van der Waals surface area (Å²) >= 11 is 5.94. The Hall–Kier alpha value is -1.82. The summed E-state index contributed by atoms with van der Waals surface area (Å²) in [7, 11) is 2.93. The molecule has 0 aliphatic carbocycles. The standard InChI is InChI=1S/C15H16ClFN2O2/c1-20-12-5-3-4-11(14(12)17)15(19-18)10-7-6-9(16)8-13(10)21-2/h3-8,15,19H,18H2,1-2H3. The molecule has 112 valence electrons. The third kappa shape index (κ3) is 3.10. The van der Waals surface area contributed by atoms with E-state index in [1.165, 1.54) is 14.2 Å². The molecule has 0 aromatic heterocycles. The van der Waals surface area contributed by atoms with E-state index >= 15 is 0 Å². The van der Waals surface area contributed by atoms with Gasteiger partial charge in [-0.15, -0.1) is 0 Å². The number of hydrogen-bond donors (Lipinski definition) is 2. The second-order valence-corrected chi connectivity index (χ2v) is 4.79. The van der Waals surface area contributed by atoms with Gasteiger partial charge in [-0.05, 0) is 18.2 Å². The lowest BCUT2D eigenvalue weighted by molar-refractivity contribution is 0.379. The molecule has 0 saturated heterocycles. The van der Waals surface area contributed by atoms with Crippen LogP contribution in [0.3, 0.4) is 0 Å². The van der Waals surface area contributed by atoms with E-state index in [9.17, 15) is 4.39 Å². The molecule has 2 aromatic rings. The quantitative estimate of drug-likeness (QED) is 0.658. The van der Waals surface area contributed by atoms with Gasteiger partial charge in [-0.3, -0.25) is 5.84 Å². The lowest BCUT2D eigenvalue weighted by Gasteiger charge is -2.21. The molecule has 0 bridgehead atoms. The number of nitrogens with two attached hydrogens (primary N) is 1. The highest BCUT2D eigenvalue weighted by Gasteiger charge is 2.22. The van der Waals surface area contributed by atoms with Gasteiger partial charge in [0.25, 0.3) is 0 Å². The van der Waals surface area contributed by atoms with E-state index < -0.39 is 11.9 Å². The Balaban J connectivity index is 2.55. The maximum Gasteiger partial charge on any atom is 0.170 e. The molecule has 21 heavy (non-hydrogen) atoms. The van der Waals surface area contributed by atoms with Crippen LogP contribution in [-0.4, -0.2) is 14.2 Å². The molecule has 0 aliphatic heterocycles. The van der Waals surface area contributed by atoms with Gasteiger partial charge in [0.1, 0.15) is 5.75 Å². The summed E-state index contributed by atoms with van der Waals surface area (Å²) in [4.78, 5) is 0. The highest BCUT2D eigenvalue weighted by atomic mass is 35.5. The Bertz CT molecular complexity index is 637. The number of halogens is 2. The highest BCUT2D eigenvalue weighted by molar-refractivity contribution is 6.30. The van der Waals surface area contributed by atoms with Crippen molar-refractivity contribution in [3.05, 3.63) is 58.4 Å². The van der Waals surface area contributed by atoms with Crippen LogP contribution in [-0.2, 0) is 0 Å². The van der Waals surface area contributed by atoms with Gasteiger partial charge < -0.3 is 9.47 Å². The van der Waals surface area contributed by atoms with E-state index in [1.54, 1.807) is 36.4 Å². The maximum atomic E-state index is 14.4. The van der Waals surface area contributed by atoms with Gasteiger partial charge in [-0.25, -0.2) is 9.82 Å². The topological polar surface area (TPSA) is 56.5 Å². The number of methoxy groups -OCH3 is 2. The van der Waals surface area contributed by atoms with Crippen LogP contribution < -0.4 is 20.7 Å². The first-order valence-corrected chi connectivity index (χ1v) is 6.62. The van der Waals surface area contributed by atoms with Crippen molar-refractivity contribution in [1.29, 1.82) is 0 Å². The van der Waals surface area contributed by atoms with Crippen LogP contribution in [0.25, 0.3) is 0 Å². The zero-order valence-electron chi connectivity index (χ0n) is 11.7. The summed E-state index contributed by atoms with van der Waals surface area (Å²) in [6.45, 7) is 0. The molecule has 2 aromatic carbocycles. The number of hydrogen-bond acceptors (Lipinski definition) is 4. The minimum Gasteiger partial charge on any atom is -0.496 e. The van der Waals surface area contributed by atoms with Crippen LogP contribution in [0, 0.1) is 5.82 Å². The van der Waals surface area contributed by atoms with E-state index in [0.29, 0.717) is 21.9 Å². The molecule has 3 N–H and O–H groups in total. The average molecular weight is 311 g/mol. The molecule has 1 atom stereocenters. The van der Waals surface area contributed by atoms with Gasteiger partial charge in [0, 0.05) is 16.1 Å². The van der Waals surface area contributed by atoms with Crippen molar-refractivity contribution in [2.45, 2.75) is 6.04 Å². The molecule has 0 amide bonds. The second kappa shape index (κ2) is 6.76. The van der Waals surface area contributed by atoms with Crippen LogP contribution >= 0.6 is 11.6 Å². The number of benzene rings is 2. The molecule has 0 saturated carbocycles. The Morgan fingerprint density at radius 1 is 1.10 bits per heavy atom. The molecule has 0 fully saturated rings. The summed E-state index contributed by atoms with van der Waals surface area (Å²) in [5.41, 5.74) is 3.64. The molecule has 1 unspecified atom stereocenters. The highest BCUT2D eigenvalue weighted by Crippen LogP contribution is 2.34. The fraction of sp³-hybridized carbons (Fsp3) is 0.200. The fourth-order valence-electron chi connectivity index (χ4n) is 2.18. The minimum atomic E-state index is -0.590. The predicted molar refractivity (Wildman–Crippen MR) is 80.1 cm³/mol. The van der Waals surface area contributed by atoms with Crippen molar-refractivity contribution in [3.8, 4) is 11.5 Å². The smallest absolute Gasteiger partial charge is 0.170 e. The lowest BCUT2D eigenvalue weighted by Crippen LogP contribution is -2.30. The number of nitrogens with one attached hydrogen (secondary N) is 1. The third-order valence-corrected chi connectivity index (χ3v) is 3.43. The van der Waals surface area contributed by atoms with Gasteiger partial charge in [0.05, 0.1) is 20.3 Å². The lowest BCUT2D eigenvalue weighted by atomic mass is 9.97. The van der Waals surface area contributed by atoms with Gasteiger partial charge in [-0.2, -0.15) is 0 Å². The van der Waals surface area contributed by atoms with Gasteiger partial charge in [-0.1, -0.05) is 29.8 Å². The first kappa shape index (κ1) is 15.6. The summed E-state index contributed by atoms with van der Waals surface area (Å²) in [5.74, 6) is 5.81. The monoisotopic (exact) mass is 310 g/mol. The Morgan fingerprint density at radius 2 is 1.81 bits per heavy atom. The number of ether oxygens (including phenoxy) is 2. The van der Waals surface area contributed by atoms with Crippen LogP contribution in [0.1, 0.15) is 17.2 Å². The van der Waals surface area contributed by atoms with Crippen molar-refractivity contribution in [3.63, 3.8) is 0 Å². The van der Waals surface area contributed by atoms with E-state index in [-0.39, 0.29) is 5.75 Å². The number of hydrazine groups is 1. The molecule has 6 heteroatoms. The summed E-state index contributed by atoms with van der Waals surface area (Å²) in [6.07, 6.45) is 0. The van der Waals surface area contributed by atoms with Crippen molar-refractivity contribution >= 4 is 11.6 Å². The zero-order chi connectivity index (χ0) is 15.4. The third-order valence-electron chi connectivity index (χ3n) is 3.20. The molecular formula is C15H16ClFN2O2. The Morgan fingerprint density at radius 3 is 2.43 bits per heavy atom. The molecule has 0 spiro atoms. The van der Waals surface area contributed by atoms with Gasteiger partial charge in [0.2, 0.25) is 0 Å². The van der Waals surface area contributed by atoms with Gasteiger partial charge >= 0.3 is 0 Å². The molecular weight excluding hydrogens is 295 g/mol. The van der Waals surface area contributed by atoms with Crippen LogP contribution in [0.4, 0.5) is 4.39 Å². The van der Waals surface area contributed by atoms with Crippen molar-refractivity contribution in [2.24, 2.45) is 5.84 Å². The molecule has 2 rings (SSSR count). The SMILES string of the molecule is COc1cc(Cl)ccc1C(NN)c1cccc(OC)c1F. The summed E-state index contributed by atoms with van der Waals surface area (Å²) < 4.78 is 24.7. The second-order valence-electron chi connectivity index (χ2n) is 4.35. The van der Waals surface area contributed by atoms with E-state index in [2.05, 4.69) is 5.43 Å². The largest absolute Gasteiger partial charge is 0.496 e. The summed E-state index contributed by atoms with van der Waals surface area (Å²) in [5, 5.41) is 0.525. The summed E-state index contributed by atoms with van der Waals surface area (Å²) in [6, 6.07) is 9.38.